The minimum absolute atomic E-state index is 0.139. The van der Waals surface area contributed by atoms with Crippen LogP contribution >= 0.6 is 0 Å². The first-order valence-electron chi connectivity index (χ1n) is 9.65. The van der Waals surface area contributed by atoms with Crippen LogP contribution in [0.5, 0.6) is 0 Å². The number of nitrogens with zero attached hydrogens (tertiary/aromatic N) is 5. The molecule has 0 radical (unpaired) electrons. The third-order valence-corrected chi connectivity index (χ3v) is 5.87. The maximum atomic E-state index is 13.0. The van der Waals surface area contributed by atoms with E-state index in [0.717, 1.165) is 25.2 Å². The Labute approximate surface area is 155 Å². The highest BCUT2D eigenvalue weighted by Gasteiger charge is 2.34. The SMILES string of the molecule is CN(C[C@@H]1CCCN(C)[C@H]1c1cnn(C)c1)C(=O)c1cccn1C1CC1. The van der Waals surface area contributed by atoms with Crippen LogP contribution in [0.4, 0.5) is 0 Å². The van der Waals surface area contributed by atoms with Gasteiger partial charge in [-0.15, -0.1) is 0 Å². The van der Waals surface area contributed by atoms with Crippen molar-refractivity contribution in [1.29, 1.82) is 0 Å². The standard InChI is InChI=1S/C20H29N5O/c1-22-10-4-6-15(19(22)16-12-21-24(3)14-16)13-23(2)20(26)18-7-5-11-25(18)17-8-9-17/h5,7,11-12,14-15,17,19H,4,6,8-10,13H2,1-3H3/t15-,19+/m0/s1. The van der Waals surface area contributed by atoms with Crippen molar-refractivity contribution in [2.75, 3.05) is 27.2 Å². The Hall–Kier alpha value is -2.08. The van der Waals surface area contributed by atoms with Crippen molar-refractivity contribution in [3.63, 3.8) is 0 Å². The van der Waals surface area contributed by atoms with Gasteiger partial charge in [0.05, 0.1) is 6.20 Å². The fourth-order valence-corrected chi connectivity index (χ4v) is 4.45. The highest BCUT2D eigenvalue weighted by Crippen LogP contribution is 2.37. The summed E-state index contributed by atoms with van der Waals surface area (Å²) < 4.78 is 4.02. The zero-order valence-corrected chi connectivity index (χ0v) is 16.0. The molecule has 1 saturated heterocycles. The van der Waals surface area contributed by atoms with Crippen LogP contribution in [0.2, 0.25) is 0 Å². The van der Waals surface area contributed by atoms with Gasteiger partial charge in [0.2, 0.25) is 0 Å². The second kappa shape index (κ2) is 6.91. The van der Waals surface area contributed by atoms with Crippen LogP contribution in [0.1, 0.15) is 53.8 Å². The molecule has 2 fully saturated rings. The maximum absolute atomic E-state index is 13.0. The van der Waals surface area contributed by atoms with Gasteiger partial charge in [0, 0.05) is 50.7 Å². The predicted molar refractivity (Wildman–Crippen MR) is 101 cm³/mol. The molecule has 4 rings (SSSR count). The Morgan fingerprint density at radius 1 is 1.31 bits per heavy atom. The van der Waals surface area contributed by atoms with E-state index in [4.69, 9.17) is 0 Å². The molecule has 1 aliphatic heterocycles. The molecule has 1 aliphatic carbocycles. The quantitative estimate of drug-likeness (QED) is 0.828. The highest BCUT2D eigenvalue weighted by molar-refractivity contribution is 5.92. The molecule has 0 unspecified atom stereocenters. The molecule has 3 heterocycles. The minimum Gasteiger partial charge on any atom is -0.340 e. The van der Waals surface area contributed by atoms with Crippen LogP contribution in [-0.4, -0.2) is 57.2 Å². The molecule has 0 aromatic carbocycles. The first-order valence-corrected chi connectivity index (χ1v) is 9.65. The van der Waals surface area contributed by atoms with E-state index < -0.39 is 0 Å². The van der Waals surface area contributed by atoms with E-state index in [2.05, 4.69) is 27.8 Å². The van der Waals surface area contributed by atoms with Crippen molar-refractivity contribution in [1.82, 2.24) is 24.1 Å². The summed E-state index contributed by atoms with van der Waals surface area (Å²) in [5.41, 5.74) is 2.08. The second-order valence-corrected chi connectivity index (χ2v) is 7.99. The number of rotatable bonds is 5. The first-order chi connectivity index (χ1) is 12.5. The van der Waals surface area contributed by atoms with E-state index in [1.165, 1.54) is 24.8 Å². The molecule has 0 bridgehead atoms. The van der Waals surface area contributed by atoms with Gasteiger partial charge in [-0.25, -0.2) is 0 Å². The van der Waals surface area contributed by atoms with Crippen molar-refractivity contribution in [3.8, 4) is 0 Å². The largest absolute Gasteiger partial charge is 0.340 e. The summed E-state index contributed by atoms with van der Waals surface area (Å²) in [7, 11) is 6.09. The van der Waals surface area contributed by atoms with E-state index >= 15 is 0 Å². The molecule has 140 valence electrons. The van der Waals surface area contributed by atoms with Gasteiger partial charge >= 0.3 is 0 Å². The van der Waals surface area contributed by atoms with Crippen molar-refractivity contribution in [3.05, 3.63) is 42.0 Å². The number of hydrogen-bond donors (Lipinski definition) is 0. The molecule has 2 aromatic rings. The van der Waals surface area contributed by atoms with E-state index in [-0.39, 0.29) is 5.91 Å². The number of aryl methyl sites for hydroxylation is 1. The summed E-state index contributed by atoms with van der Waals surface area (Å²) in [5, 5.41) is 4.36. The van der Waals surface area contributed by atoms with E-state index in [1.807, 2.05) is 48.2 Å². The van der Waals surface area contributed by atoms with Crippen LogP contribution in [0.25, 0.3) is 0 Å². The van der Waals surface area contributed by atoms with Crippen LogP contribution in [0.15, 0.2) is 30.7 Å². The van der Waals surface area contributed by atoms with Gasteiger partial charge in [0.1, 0.15) is 5.69 Å². The van der Waals surface area contributed by atoms with Crippen molar-refractivity contribution in [2.24, 2.45) is 13.0 Å². The zero-order valence-electron chi connectivity index (χ0n) is 16.0. The summed E-state index contributed by atoms with van der Waals surface area (Å²) in [6, 6.07) is 4.80. The first kappa shape index (κ1) is 17.3. The van der Waals surface area contributed by atoms with Gasteiger partial charge in [-0.3, -0.25) is 14.4 Å². The number of likely N-dealkylation sites (tertiary alicyclic amines) is 1. The number of piperidine rings is 1. The highest BCUT2D eigenvalue weighted by atomic mass is 16.2. The third kappa shape index (κ3) is 3.30. The second-order valence-electron chi connectivity index (χ2n) is 7.99. The van der Waals surface area contributed by atoms with Gasteiger partial charge in [-0.1, -0.05) is 0 Å². The molecular weight excluding hydrogens is 326 g/mol. The van der Waals surface area contributed by atoms with Crippen LogP contribution in [-0.2, 0) is 7.05 Å². The monoisotopic (exact) mass is 355 g/mol. The minimum atomic E-state index is 0.139. The van der Waals surface area contributed by atoms with Gasteiger partial charge in [0.15, 0.2) is 0 Å². The van der Waals surface area contributed by atoms with Crippen molar-refractivity contribution < 1.29 is 4.79 Å². The molecule has 6 heteroatoms. The van der Waals surface area contributed by atoms with Crippen LogP contribution in [0.3, 0.4) is 0 Å². The number of hydrogen-bond acceptors (Lipinski definition) is 3. The Bertz CT molecular complexity index is 775. The van der Waals surface area contributed by atoms with Crippen LogP contribution < -0.4 is 0 Å². The van der Waals surface area contributed by atoms with Gasteiger partial charge in [-0.05, 0) is 57.3 Å². The van der Waals surface area contributed by atoms with E-state index in [1.54, 1.807) is 0 Å². The summed E-state index contributed by atoms with van der Waals surface area (Å²) in [4.78, 5) is 17.4. The molecule has 6 nitrogen and oxygen atoms in total. The molecule has 1 saturated carbocycles. The summed E-state index contributed by atoms with van der Waals surface area (Å²) in [5.74, 6) is 0.566. The molecular formula is C20H29N5O. The molecule has 0 spiro atoms. The normalized spacial score (nSPS) is 24.0. The number of carbonyl (C=O) groups is 1. The lowest BCUT2D eigenvalue weighted by Crippen LogP contribution is -2.42. The predicted octanol–water partition coefficient (Wildman–Crippen LogP) is 2.71. The zero-order chi connectivity index (χ0) is 18.3. The lowest BCUT2D eigenvalue weighted by molar-refractivity contribution is 0.0636. The molecule has 2 atom stereocenters. The van der Waals surface area contributed by atoms with Gasteiger partial charge < -0.3 is 9.47 Å². The lowest BCUT2D eigenvalue weighted by atomic mass is 9.85. The summed E-state index contributed by atoms with van der Waals surface area (Å²) >= 11 is 0. The fraction of sp³-hybridized carbons (Fsp3) is 0.600. The summed E-state index contributed by atoms with van der Waals surface area (Å²) in [6.07, 6.45) is 10.8. The van der Waals surface area contributed by atoms with Gasteiger partial charge in [0.25, 0.3) is 5.91 Å². The van der Waals surface area contributed by atoms with Crippen LogP contribution in [0, 0.1) is 5.92 Å². The smallest absolute Gasteiger partial charge is 0.270 e. The number of amides is 1. The third-order valence-electron chi connectivity index (χ3n) is 5.87. The molecule has 0 N–H and O–H groups in total. The Morgan fingerprint density at radius 2 is 2.12 bits per heavy atom. The lowest BCUT2D eigenvalue weighted by Gasteiger charge is -2.40. The average molecular weight is 355 g/mol. The van der Waals surface area contributed by atoms with E-state index in [9.17, 15) is 4.79 Å². The molecule has 2 aliphatic rings. The topological polar surface area (TPSA) is 46.3 Å². The molecule has 2 aromatic heterocycles. The Balaban J connectivity index is 1.50. The number of aromatic nitrogens is 3. The number of carbonyl (C=O) groups excluding carboxylic acids is 1. The molecule has 1 amide bonds. The van der Waals surface area contributed by atoms with E-state index in [0.29, 0.717) is 18.0 Å². The average Bonchev–Trinajstić information content (AvgIpc) is 3.18. The fourth-order valence-electron chi connectivity index (χ4n) is 4.45. The Kier molecular flexibility index (Phi) is 4.61. The van der Waals surface area contributed by atoms with Crippen molar-refractivity contribution in [2.45, 2.75) is 37.8 Å². The van der Waals surface area contributed by atoms with Gasteiger partial charge in [-0.2, -0.15) is 5.10 Å². The maximum Gasteiger partial charge on any atom is 0.270 e. The Morgan fingerprint density at radius 3 is 2.81 bits per heavy atom. The van der Waals surface area contributed by atoms with Crippen molar-refractivity contribution >= 4 is 5.91 Å². The molecule has 26 heavy (non-hydrogen) atoms. The summed E-state index contributed by atoms with van der Waals surface area (Å²) in [6.45, 7) is 1.87.